The van der Waals surface area contributed by atoms with Gasteiger partial charge in [-0.2, -0.15) is 0 Å². The Balaban J connectivity index is 2.38. The van der Waals surface area contributed by atoms with E-state index in [4.69, 9.17) is 10.2 Å². The molecule has 0 aliphatic heterocycles. The Bertz CT molecular complexity index is 530. The van der Waals surface area contributed by atoms with Crippen molar-refractivity contribution in [2.24, 2.45) is 11.7 Å². The molecule has 1 aromatic carbocycles. The number of hydrogen-bond donors (Lipinski definition) is 2. The van der Waals surface area contributed by atoms with Gasteiger partial charge in [-0.1, -0.05) is 32.0 Å². The van der Waals surface area contributed by atoms with Crippen molar-refractivity contribution < 1.29 is 9.52 Å². The first-order valence-corrected chi connectivity index (χ1v) is 6.42. The molecule has 3 N–H and O–H groups in total. The highest BCUT2D eigenvalue weighted by Gasteiger charge is 2.24. The number of aryl methyl sites for hydroxylation is 1. The van der Waals surface area contributed by atoms with E-state index in [-0.39, 0.29) is 6.04 Å². The van der Waals surface area contributed by atoms with Crippen LogP contribution in [0.3, 0.4) is 0 Å². The summed E-state index contributed by atoms with van der Waals surface area (Å²) in [7, 11) is 0. The highest BCUT2D eigenvalue weighted by molar-refractivity contribution is 5.82. The smallest absolute Gasteiger partial charge is 0.134 e. The third kappa shape index (κ3) is 2.42. The Morgan fingerprint density at radius 2 is 1.94 bits per heavy atom. The highest BCUT2D eigenvalue weighted by Crippen LogP contribution is 2.32. The van der Waals surface area contributed by atoms with Gasteiger partial charge in [-0.3, -0.25) is 0 Å². The predicted molar refractivity (Wildman–Crippen MR) is 73.3 cm³/mol. The first-order valence-electron chi connectivity index (χ1n) is 6.42. The molecule has 0 spiro atoms. The second kappa shape index (κ2) is 5.12. The van der Waals surface area contributed by atoms with Gasteiger partial charge in [-0.15, -0.1) is 0 Å². The first kappa shape index (κ1) is 13.1. The van der Waals surface area contributed by atoms with Gasteiger partial charge in [-0.25, -0.2) is 0 Å². The number of hydrogen-bond acceptors (Lipinski definition) is 3. The molecule has 0 aliphatic carbocycles. The Morgan fingerprint density at radius 3 is 2.61 bits per heavy atom. The summed E-state index contributed by atoms with van der Waals surface area (Å²) in [5, 5.41) is 11.4. The standard InChI is InChI=1S/C15H21NO2/c1-9(2)8-12(16)15(17)14-10(3)18-13-7-5-4-6-11(13)14/h4-7,9,12,15,17H,8,16H2,1-3H3. The monoisotopic (exact) mass is 247 g/mol. The molecule has 3 nitrogen and oxygen atoms in total. The van der Waals surface area contributed by atoms with E-state index in [0.29, 0.717) is 5.92 Å². The zero-order valence-electron chi connectivity index (χ0n) is 11.2. The van der Waals surface area contributed by atoms with Crippen LogP contribution < -0.4 is 5.73 Å². The fourth-order valence-electron chi connectivity index (χ4n) is 2.44. The van der Waals surface area contributed by atoms with Crippen molar-refractivity contribution in [1.82, 2.24) is 0 Å². The molecule has 0 aliphatic rings. The number of aliphatic hydroxyl groups is 1. The molecule has 2 aromatic rings. The van der Waals surface area contributed by atoms with Crippen molar-refractivity contribution >= 4 is 11.0 Å². The number of benzene rings is 1. The van der Waals surface area contributed by atoms with Crippen LogP contribution in [-0.4, -0.2) is 11.1 Å². The van der Waals surface area contributed by atoms with Gasteiger partial charge in [0.05, 0.1) is 6.10 Å². The number of aliphatic hydroxyl groups excluding tert-OH is 1. The van der Waals surface area contributed by atoms with E-state index in [2.05, 4.69) is 13.8 Å². The van der Waals surface area contributed by atoms with Crippen molar-refractivity contribution in [2.75, 3.05) is 0 Å². The molecule has 3 heteroatoms. The van der Waals surface area contributed by atoms with Gasteiger partial charge in [-0.05, 0) is 25.3 Å². The van der Waals surface area contributed by atoms with Crippen molar-refractivity contribution in [1.29, 1.82) is 0 Å². The summed E-state index contributed by atoms with van der Waals surface area (Å²) in [4.78, 5) is 0. The molecule has 98 valence electrons. The largest absolute Gasteiger partial charge is 0.461 e. The van der Waals surface area contributed by atoms with Crippen molar-refractivity contribution in [2.45, 2.75) is 39.3 Å². The molecule has 0 fully saturated rings. The van der Waals surface area contributed by atoms with Gasteiger partial charge >= 0.3 is 0 Å². The van der Waals surface area contributed by atoms with Gasteiger partial charge in [0.1, 0.15) is 11.3 Å². The summed E-state index contributed by atoms with van der Waals surface area (Å²) in [5.74, 6) is 1.22. The third-order valence-electron chi connectivity index (χ3n) is 3.26. The third-order valence-corrected chi connectivity index (χ3v) is 3.26. The Hall–Kier alpha value is -1.32. The molecule has 0 saturated heterocycles. The van der Waals surface area contributed by atoms with Crippen LogP contribution in [0.5, 0.6) is 0 Å². The first-order chi connectivity index (χ1) is 8.50. The van der Waals surface area contributed by atoms with Gasteiger partial charge in [0, 0.05) is 17.0 Å². The van der Waals surface area contributed by atoms with Crippen LogP contribution in [0.15, 0.2) is 28.7 Å². The molecule has 0 bridgehead atoms. The molecule has 2 unspecified atom stereocenters. The van der Waals surface area contributed by atoms with Crippen molar-refractivity contribution in [3.63, 3.8) is 0 Å². The SMILES string of the molecule is Cc1oc2ccccc2c1C(O)C(N)CC(C)C. The van der Waals surface area contributed by atoms with E-state index in [0.717, 1.165) is 28.7 Å². The van der Waals surface area contributed by atoms with E-state index in [1.807, 2.05) is 31.2 Å². The molecule has 2 atom stereocenters. The van der Waals surface area contributed by atoms with E-state index >= 15 is 0 Å². The zero-order valence-corrected chi connectivity index (χ0v) is 11.2. The second-order valence-electron chi connectivity index (χ2n) is 5.31. The lowest BCUT2D eigenvalue weighted by Gasteiger charge is -2.20. The molecule has 0 saturated carbocycles. The molecular weight excluding hydrogens is 226 g/mol. The van der Waals surface area contributed by atoms with Gasteiger partial charge < -0.3 is 15.3 Å². The fraction of sp³-hybridized carbons (Fsp3) is 0.467. The zero-order chi connectivity index (χ0) is 13.3. The fourth-order valence-corrected chi connectivity index (χ4v) is 2.44. The summed E-state index contributed by atoms with van der Waals surface area (Å²) in [5.41, 5.74) is 7.72. The number of para-hydroxylation sites is 1. The minimum absolute atomic E-state index is 0.260. The summed E-state index contributed by atoms with van der Waals surface area (Å²) >= 11 is 0. The Labute approximate surface area is 108 Å². The van der Waals surface area contributed by atoms with Crippen LogP contribution in [0.1, 0.15) is 37.7 Å². The van der Waals surface area contributed by atoms with Gasteiger partial charge in [0.25, 0.3) is 0 Å². The molecule has 18 heavy (non-hydrogen) atoms. The summed E-state index contributed by atoms with van der Waals surface area (Å²) < 4.78 is 5.66. The lowest BCUT2D eigenvalue weighted by Crippen LogP contribution is -2.30. The van der Waals surface area contributed by atoms with E-state index in [1.165, 1.54) is 0 Å². The van der Waals surface area contributed by atoms with Crippen LogP contribution in [0.2, 0.25) is 0 Å². The topological polar surface area (TPSA) is 59.4 Å². The Morgan fingerprint density at radius 1 is 1.28 bits per heavy atom. The Kier molecular flexibility index (Phi) is 3.73. The average molecular weight is 247 g/mol. The van der Waals surface area contributed by atoms with Crippen LogP contribution in [-0.2, 0) is 0 Å². The second-order valence-corrected chi connectivity index (χ2v) is 5.31. The number of furan rings is 1. The summed E-state index contributed by atoms with van der Waals surface area (Å²) in [6.45, 7) is 6.08. The molecule has 0 amide bonds. The van der Waals surface area contributed by atoms with Crippen molar-refractivity contribution in [3.8, 4) is 0 Å². The molecule has 1 aromatic heterocycles. The van der Waals surface area contributed by atoms with Crippen LogP contribution in [0.25, 0.3) is 11.0 Å². The van der Waals surface area contributed by atoms with Crippen LogP contribution in [0, 0.1) is 12.8 Å². The van der Waals surface area contributed by atoms with Crippen molar-refractivity contribution in [3.05, 3.63) is 35.6 Å². The van der Waals surface area contributed by atoms with Crippen LogP contribution >= 0.6 is 0 Å². The average Bonchev–Trinajstić information content (AvgIpc) is 2.63. The minimum atomic E-state index is -0.670. The maximum absolute atomic E-state index is 10.4. The molecule has 2 rings (SSSR count). The number of rotatable bonds is 4. The minimum Gasteiger partial charge on any atom is -0.461 e. The van der Waals surface area contributed by atoms with E-state index < -0.39 is 6.10 Å². The maximum atomic E-state index is 10.4. The van der Waals surface area contributed by atoms with Gasteiger partial charge in [0.2, 0.25) is 0 Å². The summed E-state index contributed by atoms with van der Waals surface area (Å²) in [6, 6.07) is 7.49. The lowest BCUT2D eigenvalue weighted by atomic mass is 9.94. The summed E-state index contributed by atoms with van der Waals surface area (Å²) in [6.07, 6.45) is 0.121. The number of nitrogens with two attached hydrogens (primary N) is 1. The normalized spacial score (nSPS) is 15.2. The quantitative estimate of drug-likeness (QED) is 0.872. The van der Waals surface area contributed by atoms with Gasteiger partial charge in [0.15, 0.2) is 0 Å². The van der Waals surface area contributed by atoms with E-state index in [9.17, 15) is 5.11 Å². The van der Waals surface area contributed by atoms with Crippen LogP contribution in [0.4, 0.5) is 0 Å². The lowest BCUT2D eigenvalue weighted by molar-refractivity contribution is 0.135. The number of fused-ring (bicyclic) bond motifs is 1. The molecular formula is C15H21NO2. The maximum Gasteiger partial charge on any atom is 0.134 e. The highest BCUT2D eigenvalue weighted by atomic mass is 16.3. The molecule has 0 radical (unpaired) electrons. The van der Waals surface area contributed by atoms with E-state index in [1.54, 1.807) is 0 Å². The predicted octanol–water partition coefficient (Wildman–Crippen LogP) is 3.15. The molecule has 1 heterocycles.